The Morgan fingerprint density at radius 1 is 0.600 bits per heavy atom. The van der Waals surface area contributed by atoms with E-state index in [2.05, 4.69) is 59.2 Å². The number of fused-ring (bicyclic) bond motifs is 2. The van der Waals surface area contributed by atoms with Crippen LogP contribution in [-0.2, 0) is 11.3 Å². The molecule has 1 aromatic heterocycles. The summed E-state index contributed by atoms with van der Waals surface area (Å²) in [4.78, 5) is 13.6. The zero-order valence-electron chi connectivity index (χ0n) is 30.7. The Morgan fingerprint density at radius 3 is 1.87 bits per heavy atom. The first-order chi connectivity index (χ1) is 27.0. The van der Waals surface area contributed by atoms with Gasteiger partial charge in [-0.1, -0.05) is 164 Å². The number of benzene rings is 7. The summed E-state index contributed by atoms with van der Waals surface area (Å²) in [6.07, 6.45) is 0.730. The molecule has 0 saturated carbocycles. The first kappa shape index (κ1) is 36.9. The highest BCUT2D eigenvalue weighted by molar-refractivity contribution is 6.60. The highest BCUT2D eigenvalue weighted by Gasteiger charge is 2.26. The van der Waals surface area contributed by atoms with Crippen molar-refractivity contribution in [1.29, 1.82) is 0 Å². The normalized spacial score (nSPS) is 10.8. The molecular weight excluding hydrogens is 681 g/mol. The van der Waals surface area contributed by atoms with E-state index in [9.17, 15) is 14.8 Å². The predicted octanol–water partition coefficient (Wildman–Crippen LogP) is 9.81. The maximum Gasteiger partial charge on any atom is 0.489 e. The van der Waals surface area contributed by atoms with Gasteiger partial charge >= 0.3 is 13.1 Å². The fourth-order valence-corrected chi connectivity index (χ4v) is 7.12. The highest BCUT2D eigenvalue weighted by atomic mass is 16.5. The first-order valence-corrected chi connectivity index (χ1v) is 18.6. The number of hydrogen-bond donors (Lipinski definition) is 2. The standard InChI is InChI=1S/C36H31NO3.C12H11BO2/c1-2-39-36(38)35-34(30-20-9-8-18-28(30)26-14-4-3-5-15-26)31-21-10-11-22-32(31)37(35)24-13-25-40-33-23-12-17-27-16-6-7-19-29(27)33;14-13(15)12-9-5-4-8-11(12)10-6-2-1-3-7-10/h3-12,14-23H,2,13,24-25H2,1H3;1-9,14-15H. The van der Waals surface area contributed by atoms with Crippen LogP contribution in [0.3, 0.4) is 0 Å². The van der Waals surface area contributed by atoms with Crippen molar-refractivity contribution in [3.8, 4) is 39.1 Å². The molecule has 1 heterocycles. The molecule has 272 valence electrons. The molecular formula is C48H42BNO5. The molecule has 0 unspecified atom stereocenters. The number of carbonyl (C=O) groups is 1. The number of ether oxygens (including phenoxy) is 2. The van der Waals surface area contributed by atoms with Crippen molar-refractivity contribution in [1.82, 2.24) is 4.57 Å². The third kappa shape index (κ3) is 8.24. The van der Waals surface area contributed by atoms with Gasteiger partial charge in [0.15, 0.2) is 0 Å². The lowest BCUT2D eigenvalue weighted by Gasteiger charge is -2.14. The van der Waals surface area contributed by atoms with Crippen molar-refractivity contribution in [2.45, 2.75) is 19.9 Å². The van der Waals surface area contributed by atoms with Gasteiger partial charge in [-0.25, -0.2) is 4.79 Å². The lowest BCUT2D eigenvalue weighted by atomic mass is 9.75. The van der Waals surface area contributed by atoms with Crippen LogP contribution in [0, 0.1) is 0 Å². The molecule has 0 fully saturated rings. The van der Waals surface area contributed by atoms with Gasteiger partial charge in [-0.2, -0.15) is 0 Å². The minimum absolute atomic E-state index is 0.310. The second-order valence-electron chi connectivity index (χ2n) is 13.0. The highest BCUT2D eigenvalue weighted by Crippen LogP contribution is 2.41. The monoisotopic (exact) mass is 723 g/mol. The Morgan fingerprint density at radius 2 is 1.16 bits per heavy atom. The van der Waals surface area contributed by atoms with E-state index in [1.165, 1.54) is 0 Å². The molecule has 0 radical (unpaired) electrons. The second kappa shape index (κ2) is 17.6. The Hall–Kier alpha value is -6.41. The van der Waals surface area contributed by atoms with Crippen LogP contribution in [0.5, 0.6) is 5.75 Å². The largest absolute Gasteiger partial charge is 0.493 e. The van der Waals surface area contributed by atoms with Crippen LogP contribution < -0.4 is 10.2 Å². The molecule has 7 aromatic carbocycles. The van der Waals surface area contributed by atoms with Crippen LogP contribution in [-0.4, -0.2) is 40.9 Å². The molecule has 0 aliphatic rings. The van der Waals surface area contributed by atoms with E-state index in [1.54, 1.807) is 12.1 Å². The van der Waals surface area contributed by atoms with Crippen LogP contribution in [0.2, 0.25) is 0 Å². The summed E-state index contributed by atoms with van der Waals surface area (Å²) in [5.41, 5.74) is 8.06. The summed E-state index contributed by atoms with van der Waals surface area (Å²) in [6, 6.07) is 58.1. The number of hydrogen-bond acceptors (Lipinski definition) is 5. The maximum absolute atomic E-state index is 13.6. The number of aryl methyl sites for hydroxylation is 1. The van der Waals surface area contributed by atoms with Gasteiger partial charge in [0.1, 0.15) is 11.4 Å². The van der Waals surface area contributed by atoms with Crippen molar-refractivity contribution in [2.24, 2.45) is 0 Å². The maximum atomic E-state index is 13.6. The zero-order valence-corrected chi connectivity index (χ0v) is 30.7. The van der Waals surface area contributed by atoms with Crippen molar-refractivity contribution < 1.29 is 24.3 Å². The third-order valence-corrected chi connectivity index (χ3v) is 9.58. The molecule has 0 aliphatic heterocycles. The molecule has 8 aromatic rings. The molecule has 2 N–H and O–H groups in total. The minimum Gasteiger partial charge on any atom is -0.493 e. The van der Waals surface area contributed by atoms with E-state index in [-0.39, 0.29) is 5.97 Å². The van der Waals surface area contributed by atoms with Crippen molar-refractivity contribution >= 4 is 40.2 Å². The number of para-hydroxylation sites is 1. The van der Waals surface area contributed by atoms with Crippen LogP contribution in [0.25, 0.3) is 55.1 Å². The predicted molar refractivity (Wildman–Crippen MR) is 225 cm³/mol. The van der Waals surface area contributed by atoms with E-state index >= 15 is 0 Å². The van der Waals surface area contributed by atoms with Crippen LogP contribution in [0.1, 0.15) is 23.8 Å². The fraction of sp³-hybridized carbons (Fsp3) is 0.104. The van der Waals surface area contributed by atoms with Crippen LogP contribution in [0.4, 0.5) is 0 Å². The number of rotatable bonds is 11. The average Bonchev–Trinajstić information content (AvgIpc) is 3.57. The zero-order chi connectivity index (χ0) is 38.0. The van der Waals surface area contributed by atoms with Crippen molar-refractivity contribution in [3.63, 3.8) is 0 Å². The van der Waals surface area contributed by atoms with Gasteiger partial charge in [0.2, 0.25) is 0 Å². The average molecular weight is 724 g/mol. The Balaban J connectivity index is 0.000000259. The molecule has 0 spiro atoms. The van der Waals surface area contributed by atoms with Crippen molar-refractivity contribution in [3.05, 3.63) is 182 Å². The molecule has 0 aliphatic carbocycles. The SMILES string of the molecule is CCOC(=O)c1c(-c2ccccc2-c2ccccc2)c2ccccc2n1CCCOc1cccc2ccccc12.OB(O)c1ccccc1-c1ccccc1. The first-order valence-electron chi connectivity index (χ1n) is 18.6. The number of aromatic nitrogens is 1. The summed E-state index contributed by atoms with van der Waals surface area (Å²) < 4.78 is 14.0. The van der Waals surface area contributed by atoms with E-state index in [0.717, 1.165) is 67.2 Å². The third-order valence-electron chi connectivity index (χ3n) is 9.58. The summed E-state index contributed by atoms with van der Waals surface area (Å²) in [5.74, 6) is 0.560. The summed E-state index contributed by atoms with van der Waals surface area (Å²) >= 11 is 0. The molecule has 7 heteroatoms. The Bertz CT molecular complexity index is 2510. The summed E-state index contributed by atoms with van der Waals surface area (Å²) in [6.45, 7) is 3.30. The van der Waals surface area contributed by atoms with E-state index in [0.29, 0.717) is 30.9 Å². The molecule has 6 nitrogen and oxygen atoms in total. The minimum atomic E-state index is -1.43. The van der Waals surface area contributed by atoms with Gasteiger partial charge in [0.05, 0.1) is 13.2 Å². The van der Waals surface area contributed by atoms with E-state index in [1.807, 2.05) is 116 Å². The van der Waals surface area contributed by atoms with Crippen molar-refractivity contribution in [2.75, 3.05) is 13.2 Å². The quantitative estimate of drug-likeness (QED) is 0.0789. The van der Waals surface area contributed by atoms with Crippen LogP contribution >= 0.6 is 0 Å². The van der Waals surface area contributed by atoms with Gasteiger partial charge in [-0.15, -0.1) is 0 Å². The topological polar surface area (TPSA) is 80.9 Å². The molecule has 55 heavy (non-hydrogen) atoms. The lowest BCUT2D eigenvalue weighted by Crippen LogP contribution is -2.31. The molecule has 0 atom stereocenters. The fourth-order valence-electron chi connectivity index (χ4n) is 7.12. The van der Waals surface area contributed by atoms with E-state index < -0.39 is 7.12 Å². The Kier molecular flexibility index (Phi) is 11.8. The molecule has 0 saturated heterocycles. The van der Waals surface area contributed by atoms with Gasteiger partial charge in [0.25, 0.3) is 0 Å². The molecule has 0 bridgehead atoms. The summed E-state index contributed by atoms with van der Waals surface area (Å²) in [5, 5.41) is 21.7. The molecule has 8 rings (SSSR count). The van der Waals surface area contributed by atoms with Gasteiger partial charge in [0, 0.05) is 28.4 Å². The second-order valence-corrected chi connectivity index (χ2v) is 13.0. The molecule has 0 amide bonds. The van der Waals surface area contributed by atoms with Gasteiger partial charge in [-0.05, 0) is 64.1 Å². The van der Waals surface area contributed by atoms with Gasteiger partial charge < -0.3 is 24.1 Å². The number of carbonyl (C=O) groups excluding carboxylic acids is 1. The number of nitrogens with zero attached hydrogens (tertiary/aromatic N) is 1. The number of esters is 1. The summed E-state index contributed by atoms with van der Waals surface area (Å²) in [7, 11) is -1.43. The van der Waals surface area contributed by atoms with E-state index in [4.69, 9.17) is 9.47 Å². The van der Waals surface area contributed by atoms with Gasteiger partial charge in [-0.3, -0.25) is 0 Å². The van der Waals surface area contributed by atoms with Crippen LogP contribution in [0.15, 0.2) is 176 Å². The lowest BCUT2D eigenvalue weighted by molar-refractivity contribution is 0.0515. The Labute approximate surface area is 322 Å². The smallest absolute Gasteiger partial charge is 0.489 e.